The number of nitrogens with one attached hydrogen (secondary N) is 1. The molecule has 3 nitrogen and oxygen atoms in total. The first kappa shape index (κ1) is 8.16. The highest BCUT2D eigenvalue weighted by atomic mass is 127. The van der Waals surface area contributed by atoms with Crippen LogP contribution >= 0.6 is 22.9 Å². The SMILES string of the molecule is COC(=O)CCNI. The lowest BCUT2D eigenvalue weighted by Gasteiger charge is -1.94. The van der Waals surface area contributed by atoms with Gasteiger partial charge in [-0.2, -0.15) is 0 Å². The first-order valence-electron chi connectivity index (χ1n) is 2.21. The topological polar surface area (TPSA) is 38.3 Å². The van der Waals surface area contributed by atoms with Gasteiger partial charge in [-0.05, 0) is 0 Å². The maximum atomic E-state index is 10.3. The summed E-state index contributed by atoms with van der Waals surface area (Å²) in [5.41, 5.74) is 0. The van der Waals surface area contributed by atoms with Crippen LogP contribution in [0.3, 0.4) is 0 Å². The third-order valence-electron chi connectivity index (χ3n) is 0.651. The zero-order valence-electron chi connectivity index (χ0n) is 4.61. The number of rotatable bonds is 3. The van der Waals surface area contributed by atoms with E-state index in [-0.39, 0.29) is 5.97 Å². The number of halogens is 1. The second kappa shape index (κ2) is 5.30. The summed E-state index contributed by atoms with van der Waals surface area (Å²) in [5.74, 6) is -0.172. The molecule has 0 bridgehead atoms. The van der Waals surface area contributed by atoms with Gasteiger partial charge < -0.3 is 4.74 Å². The van der Waals surface area contributed by atoms with Gasteiger partial charge in [-0.3, -0.25) is 8.32 Å². The number of hydrogen-bond donors (Lipinski definition) is 1. The number of carbonyl (C=O) groups excluding carboxylic acids is 1. The molecule has 0 atom stereocenters. The Morgan fingerprint density at radius 3 is 2.88 bits per heavy atom. The zero-order chi connectivity index (χ0) is 6.41. The average molecular weight is 229 g/mol. The summed E-state index contributed by atoms with van der Waals surface area (Å²) in [4.78, 5) is 10.3. The van der Waals surface area contributed by atoms with Gasteiger partial charge in [0.1, 0.15) is 0 Å². The Bertz CT molecular complexity index is 76.4. The van der Waals surface area contributed by atoms with Crippen molar-refractivity contribution in [3.63, 3.8) is 0 Å². The van der Waals surface area contributed by atoms with Crippen molar-refractivity contribution >= 4 is 28.8 Å². The molecule has 0 aliphatic carbocycles. The van der Waals surface area contributed by atoms with Crippen LogP contribution < -0.4 is 3.53 Å². The van der Waals surface area contributed by atoms with Gasteiger partial charge in [-0.25, -0.2) is 0 Å². The smallest absolute Gasteiger partial charge is 0.306 e. The van der Waals surface area contributed by atoms with Crippen molar-refractivity contribution < 1.29 is 9.53 Å². The standard InChI is InChI=1S/C4H8INO2/c1-8-4(7)2-3-6-5/h6H,2-3H2,1H3. The van der Waals surface area contributed by atoms with Crippen molar-refractivity contribution in [1.29, 1.82) is 0 Å². The monoisotopic (exact) mass is 229 g/mol. The lowest BCUT2D eigenvalue weighted by atomic mass is 10.4. The van der Waals surface area contributed by atoms with E-state index >= 15 is 0 Å². The normalized spacial score (nSPS) is 8.75. The van der Waals surface area contributed by atoms with Crippen LogP contribution in [0.4, 0.5) is 0 Å². The second-order valence-electron chi connectivity index (χ2n) is 1.21. The zero-order valence-corrected chi connectivity index (χ0v) is 6.77. The minimum Gasteiger partial charge on any atom is -0.469 e. The summed E-state index contributed by atoms with van der Waals surface area (Å²) in [6.07, 6.45) is 0.444. The van der Waals surface area contributed by atoms with Crippen LogP contribution in [-0.4, -0.2) is 19.6 Å². The molecule has 0 aromatic rings. The molecule has 0 rings (SSSR count). The highest BCUT2D eigenvalue weighted by molar-refractivity contribution is 14.1. The van der Waals surface area contributed by atoms with Crippen molar-refractivity contribution in [1.82, 2.24) is 3.53 Å². The van der Waals surface area contributed by atoms with E-state index < -0.39 is 0 Å². The maximum absolute atomic E-state index is 10.3. The van der Waals surface area contributed by atoms with Crippen LogP contribution in [0.1, 0.15) is 6.42 Å². The number of esters is 1. The summed E-state index contributed by atoms with van der Waals surface area (Å²) in [6, 6.07) is 0. The van der Waals surface area contributed by atoms with Crippen LogP contribution in [0.15, 0.2) is 0 Å². The van der Waals surface area contributed by atoms with E-state index in [9.17, 15) is 4.79 Å². The van der Waals surface area contributed by atoms with E-state index in [0.29, 0.717) is 13.0 Å². The Morgan fingerprint density at radius 2 is 2.50 bits per heavy atom. The van der Waals surface area contributed by atoms with Gasteiger partial charge in [0, 0.05) is 29.4 Å². The van der Waals surface area contributed by atoms with Gasteiger partial charge in [0.25, 0.3) is 0 Å². The fourth-order valence-corrected chi connectivity index (χ4v) is 0.521. The van der Waals surface area contributed by atoms with Crippen LogP contribution in [-0.2, 0) is 9.53 Å². The molecule has 0 aromatic carbocycles. The Kier molecular flexibility index (Phi) is 5.41. The molecule has 1 N–H and O–H groups in total. The number of carbonyl (C=O) groups is 1. The van der Waals surface area contributed by atoms with E-state index in [0.717, 1.165) is 0 Å². The minimum absolute atomic E-state index is 0.172. The molecule has 0 aliphatic heterocycles. The highest BCUT2D eigenvalue weighted by Gasteiger charge is 1.95. The van der Waals surface area contributed by atoms with E-state index in [2.05, 4.69) is 8.27 Å². The lowest BCUT2D eigenvalue weighted by molar-refractivity contribution is -0.140. The van der Waals surface area contributed by atoms with E-state index in [1.54, 1.807) is 0 Å². The fraction of sp³-hybridized carbons (Fsp3) is 0.750. The Morgan fingerprint density at radius 1 is 1.88 bits per heavy atom. The average Bonchev–Trinajstić information content (AvgIpc) is 1.83. The Labute approximate surface area is 62.3 Å². The fourth-order valence-electron chi connectivity index (χ4n) is 0.251. The second-order valence-corrected chi connectivity index (χ2v) is 1.97. The third-order valence-corrected chi connectivity index (χ3v) is 1.19. The molecule has 0 spiro atoms. The van der Waals surface area contributed by atoms with Gasteiger partial charge in [0.2, 0.25) is 0 Å². The number of ether oxygens (including phenoxy) is 1. The maximum Gasteiger partial charge on any atom is 0.306 e. The van der Waals surface area contributed by atoms with Crippen LogP contribution in [0.5, 0.6) is 0 Å². The van der Waals surface area contributed by atoms with Gasteiger partial charge in [0.05, 0.1) is 13.5 Å². The molecule has 0 fully saturated rings. The lowest BCUT2D eigenvalue weighted by Crippen LogP contribution is -2.08. The molecule has 0 aromatic heterocycles. The molecule has 0 aliphatic rings. The van der Waals surface area contributed by atoms with Crippen molar-refractivity contribution in [2.24, 2.45) is 0 Å². The van der Waals surface area contributed by atoms with E-state index in [1.807, 2.05) is 22.9 Å². The summed E-state index contributed by atoms with van der Waals surface area (Å²) < 4.78 is 7.17. The van der Waals surface area contributed by atoms with Gasteiger partial charge in [-0.1, -0.05) is 0 Å². The number of hydrogen-bond acceptors (Lipinski definition) is 3. The molecule has 4 heteroatoms. The third kappa shape index (κ3) is 4.32. The molecule has 48 valence electrons. The van der Waals surface area contributed by atoms with Crippen molar-refractivity contribution in [2.45, 2.75) is 6.42 Å². The first-order chi connectivity index (χ1) is 3.81. The Hall–Kier alpha value is 0.160. The predicted molar refractivity (Wildman–Crippen MR) is 38.7 cm³/mol. The van der Waals surface area contributed by atoms with Crippen molar-refractivity contribution in [2.75, 3.05) is 13.7 Å². The largest absolute Gasteiger partial charge is 0.469 e. The van der Waals surface area contributed by atoms with Crippen molar-refractivity contribution in [3.05, 3.63) is 0 Å². The molecule has 0 heterocycles. The van der Waals surface area contributed by atoms with Gasteiger partial charge in [0.15, 0.2) is 0 Å². The predicted octanol–water partition coefficient (Wildman–Crippen LogP) is 0.489. The van der Waals surface area contributed by atoms with Crippen LogP contribution in [0.2, 0.25) is 0 Å². The quantitative estimate of drug-likeness (QED) is 0.434. The minimum atomic E-state index is -0.172. The molecular formula is C4H8INO2. The van der Waals surface area contributed by atoms with Crippen molar-refractivity contribution in [3.8, 4) is 0 Å². The molecule has 8 heavy (non-hydrogen) atoms. The Balaban J connectivity index is 2.99. The van der Waals surface area contributed by atoms with Crippen LogP contribution in [0.25, 0.3) is 0 Å². The van der Waals surface area contributed by atoms with E-state index in [1.165, 1.54) is 7.11 Å². The summed E-state index contributed by atoms with van der Waals surface area (Å²) in [7, 11) is 1.38. The molecule has 0 unspecified atom stereocenters. The summed E-state index contributed by atoms with van der Waals surface area (Å²) >= 11 is 1.98. The molecule has 0 saturated heterocycles. The highest BCUT2D eigenvalue weighted by Crippen LogP contribution is 1.81. The molecule has 0 saturated carbocycles. The van der Waals surface area contributed by atoms with Crippen LogP contribution in [0, 0.1) is 0 Å². The molecular weight excluding hydrogens is 221 g/mol. The van der Waals surface area contributed by atoms with Gasteiger partial charge >= 0.3 is 5.97 Å². The molecule has 0 amide bonds. The molecule has 0 radical (unpaired) electrons. The first-order valence-corrected chi connectivity index (χ1v) is 3.29. The summed E-state index contributed by atoms with van der Waals surface area (Å²) in [6.45, 7) is 0.674. The van der Waals surface area contributed by atoms with E-state index in [4.69, 9.17) is 0 Å². The number of methoxy groups -OCH3 is 1. The summed E-state index contributed by atoms with van der Waals surface area (Å²) in [5, 5.41) is 0. The van der Waals surface area contributed by atoms with Gasteiger partial charge in [-0.15, -0.1) is 0 Å².